The lowest BCUT2D eigenvalue weighted by molar-refractivity contribution is -0.137. The van der Waals surface area contributed by atoms with Crippen molar-refractivity contribution < 1.29 is 19.4 Å². The number of carbonyl (C=O) groups excluding carboxylic acids is 1. The summed E-state index contributed by atoms with van der Waals surface area (Å²) in [6.07, 6.45) is 10.1. The van der Waals surface area contributed by atoms with Crippen molar-refractivity contribution in [1.29, 1.82) is 0 Å². The maximum Gasteiger partial charge on any atom is 0.303 e. The van der Waals surface area contributed by atoms with Gasteiger partial charge in [-0.25, -0.2) is 0 Å². The Morgan fingerprint density at radius 3 is 2.59 bits per heavy atom. The molecule has 0 fully saturated rings. The number of rotatable bonds is 11. The summed E-state index contributed by atoms with van der Waals surface area (Å²) in [4.78, 5) is 43.2. The molecular weight excluding hydrogens is 576 g/mol. The van der Waals surface area contributed by atoms with Gasteiger partial charge in [0.2, 0.25) is 0 Å². The van der Waals surface area contributed by atoms with E-state index in [1.165, 1.54) is 30.4 Å². The second-order valence-corrected chi connectivity index (χ2v) is 13.9. The van der Waals surface area contributed by atoms with Crippen LogP contribution in [0, 0.1) is 31.6 Å². The zero-order valence-electron chi connectivity index (χ0n) is 28.4. The summed E-state index contributed by atoms with van der Waals surface area (Å²) in [5, 5.41) is 9.61. The number of unbranched alkanes of at least 4 members (excludes halogenated alkanes) is 3. The van der Waals surface area contributed by atoms with Crippen LogP contribution in [0.15, 0.2) is 27.0 Å². The van der Waals surface area contributed by atoms with Gasteiger partial charge in [-0.2, -0.15) is 0 Å². The van der Waals surface area contributed by atoms with E-state index < -0.39 is 5.97 Å². The van der Waals surface area contributed by atoms with Crippen LogP contribution in [0.2, 0.25) is 0 Å². The highest BCUT2D eigenvalue weighted by molar-refractivity contribution is 6.11. The third-order valence-corrected chi connectivity index (χ3v) is 11.1. The number of nitrogens with one attached hydrogen (secondary N) is 2. The molecule has 46 heavy (non-hydrogen) atoms. The maximum absolute atomic E-state index is 13.5. The van der Waals surface area contributed by atoms with Crippen LogP contribution in [0.1, 0.15) is 135 Å². The van der Waals surface area contributed by atoms with Gasteiger partial charge >= 0.3 is 5.97 Å². The third kappa shape index (κ3) is 5.89. The highest BCUT2D eigenvalue weighted by Gasteiger charge is 2.44. The minimum absolute atomic E-state index is 0.0287. The summed E-state index contributed by atoms with van der Waals surface area (Å²) in [7, 11) is 0. The second kappa shape index (κ2) is 13.3. The van der Waals surface area contributed by atoms with Gasteiger partial charge in [0.25, 0.3) is 0 Å². The van der Waals surface area contributed by atoms with Gasteiger partial charge in [0, 0.05) is 113 Å². The number of nitrogens with zero attached hydrogens (tertiary/aromatic N) is 2. The van der Waals surface area contributed by atoms with Crippen molar-refractivity contribution >= 4 is 29.3 Å². The first-order valence-electron chi connectivity index (χ1n) is 17.4. The van der Waals surface area contributed by atoms with Crippen molar-refractivity contribution in [3.8, 4) is 0 Å². The first-order valence-corrected chi connectivity index (χ1v) is 17.4. The molecule has 246 valence electrons. The van der Waals surface area contributed by atoms with Crippen LogP contribution < -0.4 is 0 Å². The van der Waals surface area contributed by atoms with Gasteiger partial charge < -0.3 is 19.8 Å². The van der Waals surface area contributed by atoms with E-state index in [9.17, 15) is 14.7 Å². The van der Waals surface area contributed by atoms with Gasteiger partial charge in [0.15, 0.2) is 5.78 Å². The molecule has 1 aliphatic carbocycles. The second-order valence-electron chi connectivity index (χ2n) is 13.9. The predicted octanol–water partition coefficient (Wildman–Crippen LogP) is 8.19. The minimum atomic E-state index is -0.807. The molecule has 0 aromatic carbocycles. The lowest BCUT2D eigenvalue weighted by Crippen LogP contribution is -2.23. The average Bonchev–Trinajstić information content (AvgIpc) is 3.77. The number of Topliss-reactive ketones (excluding diaryl/α,β-unsaturated/α-hetero) is 1. The molecule has 0 radical (unpaired) electrons. The Morgan fingerprint density at radius 2 is 1.85 bits per heavy atom. The van der Waals surface area contributed by atoms with Crippen LogP contribution >= 0.6 is 0 Å². The number of carbonyl (C=O) groups is 2. The standard InChI is InChI=1S/C38H50N4O4/c1-7-9-10-11-14-46-19-27-22(5)28-16-30-21(4)25(12-13-35(44)45)37(41-30)26-15-34(43)36-23(6)31(42-38(26)36)18-32-24(8-2)20(3)29(39-32)17-33(27)40-28/h16,21,24-26,40,42H,7-15,17-19H2,1-6H3,(H,44,45)/t21?,24?,25-,26?/m0/s1. The van der Waals surface area contributed by atoms with Crippen LogP contribution in [-0.2, 0) is 29.0 Å². The Balaban J connectivity index is 1.46. The van der Waals surface area contributed by atoms with Crippen molar-refractivity contribution in [1.82, 2.24) is 9.97 Å². The number of aromatic nitrogens is 2. The van der Waals surface area contributed by atoms with Crippen molar-refractivity contribution in [3.63, 3.8) is 0 Å². The fourth-order valence-electron chi connectivity index (χ4n) is 8.27. The minimum Gasteiger partial charge on any atom is -0.481 e. The molecular formula is C38H50N4O4. The van der Waals surface area contributed by atoms with E-state index in [-0.39, 0.29) is 35.9 Å². The first-order chi connectivity index (χ1) is 22.1. The summed E-state index contributed by atoms with van der Waals surface area (Å²) < 4.78 is 6.26. The van der Waals surface area contributed by atoms with E-state index >= 15 is 0 Å². The SMILES string of the molecule is CCCCCCOCc1c2[nH]c(c1C)C=C1N=C(C3CC(=O)c4c3[nH]c(c4C)CC3=NC(=C(C)C3CC)C2)[C@@H](CCC(=O)O)C1C. The molecule has 8 heteroatoms. The number of ether oxygens (including phenoxy) is 1. The molecule has 3 N–H and O–H groups in total. The molecule has 8 nitrogen and oxygen atoms in total. The molecule has 3 unspecified atom stereocenters. The molecule has 0 saturated heterocycles. The number of carboxylic acid groups (broad SMARTS) is 1. The average molecular weight is 627 g/mol. The fraction of sp³-hybridized carbons (Fsp3) is 0.579. The number of aliphatic carboxylic acids is 1. The summed E-state index contributed by atoms with van der Waals surface area (Å²) >= 11 is 0. The molecule has 8 bridgehead atoms. The van der Waals surface area contributed by atoms with Gasteiger partial charge in [-0.1, -0.05) is 40.0 Å². The number of aliphatic imine (C=N–C) groups is 2. The Labute approximate surface area is 272 Å². The lowest BCUT2D eigenvalue weighted by Gasteiger charge is -2.21. The van der Waals surface area contributed by atoms with Gasteiger partial charge in [-0.3, -0.25) is 19.6 Å². The van der Waals surface area contributed by atoms with Crippen molar-refractivity contribution in [2.75, 3.05) is 6.61 Å². The monoisotopic (exact) mass is 626 g/mol. The first kappa shape index (κ1) is 32.4. The van der Waals surface area contributed by atoms with Crippen molar-refractivity contribution in [2.45, 2.75) is 118 Å². The van der Waals surface area contributed by atoms with E-state index in [0.717, 1.165) is 81.7 Å². The van der Waals surface area contributed by atoms with Crippen LogP contribution in [0.5, 0.6) is 0 Å². The van der Waals surface area contributed by atoms with E-state index in [4.69, 9.17) is 14.7 Å². The molecule has 4 atom stereocenters. The third-order valence-electron chi connectivity index (χ3n) is 11.1. The van der Waals surface area contributed by atoms with Crippen molar-refractivity contribution in [3.05, 3.63) is 62.0 Å². The number of allylic oxidation sites excluding steroid dienone is 3. The molecule has 0 saturated carbocycles. The molecule has 0 spiro atoms. The van der Waals surface area contributed by atoms with E-state index in [0.29, 0.717) is 32.3 Å². The molecule has 0 amide bonds. The zero-order chi connectivity index (χ0) is 32.7. The maximum atomic E-state index is 13.5. The predicted molar refractivity (Wildman–Crippen MR) is 183 cm³/mol. The number of hydrogen-bond acceptors (Lipinski definition) is 5. The Bertz CT molecular complexity index is 1660. The topological polar surface area (TPSA) is 120 Å². The normalized spacial score (nSPS) is 23.7. The number of H-pyrrole nitrogens is 2. The molecule has 2 aromatic heterocycles. The summed E-state index contributed by atoms with van der Waals surface area (Å²) in [6, 6.07) is 0. The quantitative estimate of drug-likeness (QED) is 0.218. The van der Waals surface area contributed by atoms with E-state index in [2.05, 4.69) is 57.6 Å². The number of hydrogen-bond donors (Lipinski definition) is 3. The highest BCUT2D eigenvalue weighted by Crippen LogP contribution is 2.46. The summed E-state index contributed by atoms with van der Waals surface area (Å²) in [5.74, 6) is -0.584. The van der Waals surface area contributed by atoms with Crippen LogP contribution in [0.4, 0.5) is 0 Å². The summed E-state index contributed by atoms with van der Waals surface area (Å²) in [5.41, 5.74) is 13.8. The molecule has 5 heterocycles. The van der Waals surface area contributed by atoms with Gasteiger partial charge in [-0.05, 0) is 62.8 Å². The molecule has 3 aliphatic heterocycles. The van der Waals surface area contributed by atoms with Gasteiger partial charge in [0.05, 0.1) is 6.61 Å². The Kier molecular flexibility index (Phi) is 9.38. The van der Waals surface area contributed by atoms with E-state index in [1.807, 2.05) is 0 Å². The highest BCUT2D eigenvalue weighted by atomic mass is 16.5. The number of aromatic amines is 2. The molecule has 6 rings (SSSR count). The lowest BCUT2D eigenvalue weighted by atomic mass is 9.81. The Morgan fingerprint density at radius 1 is 1.04 bits per heavy atom. The summed E-state index contributed by atoms with van der Waals surface area (Å²) in [6.45, 7) is 14.3. The zero-order valence-corrected chi connectivity index (χ0v) is 28.4. The number of ketones is 1. The number of fused-ring (bicyclic) bond motifs is 6. The fourth-order valence-corrected chi connectivity index (χ4v) is 8.27. The van der Waals surface area contributed by atoms with Crippen LogP contribution in [0.25, 0.3) is 6.08 Å². The van der Waals surface area contributed by atoms with Crippen molar-refractivity contribution in [2.24, 2.45) is 27.7 Å². The molecule has 2 aromatic rings. The van der Waals surface area contributed by atoms with Gasteiger partial charge in [-0.15, -0.1) is 0 Å². The largest absolute Gasteiger partial charge is 0.481 e. The smallest absolute Gasteiger partial charge is 0.303 e. The number of carboxylic acids is 1. The van der Waals surface area contributed by atoms with Crippen LogP contribution in [-0.4, -0.2) is 44.9 Å². The van der Waals surface area contributed by atoms with E-state index in [1.54, 1.807) is 0 Å². The Hall–Kier alpha value is -3.52. The van der Waals surface area contributed by atoms with Gasteiger partial charge in [0.1, 0.15) is 0 Å². The molecule has 4 aliphatic rings. The van der Waals surface area contributed by atoms with Crippen LogP contribution in [0.3, 0.4) is 0 Å².